The maximum Gasteiger partial charge on any atom is 0.0591 e. The summed E-state index contributed by atoms with van der Waals surface area (Å²) in [7, 11) is 0. The Morgan fingerprint density at radius 2 is 1.18 bits per heavy atom. The Morgan fingerprint density at radius 3 is 1.95 bits per heavy atom. The molecule has 10 rings (SSSR count). The molecule has 7 aromatic carbocycles. The van der Waals surface area contributed by atoms with Gasteiger partial charge in [0.15, 0.2) is 0 Å². The van der Waals surface area contributed by atoms with E-state index in [-0.39, 0.29) is 5.41 Å². The third kappa shape index (κ3) is 3.09. The zero-order valence-electron chi connectivity index (χ0n) is 25.0. The average Bonchev–Trinajstić information content (AvgIpc) is 3.52. The smallest absolute Gasteiger partial charge is 0.0591 e. The first kappa shape index (κ1) is 24.3. The summed E-state index contributed by atoms with van der Waals surface area (Å²) in [5, 5.41) is 8.00. The molecule has 8 aromatic rings. The molecule has 208 valence electrons. The van der Waals surface area contributed by atoms with E-state index in [9.17, 15) is 0 Å². The van der Waals surface area contributed by atoms with Crippen LogP contribution in [0.2, 0.25) is 0 Å². The molecule has 0 spiro atoms. The van der Waals surface area contributed by atoms with Crippen molar-refractivity contribution in [2.75, 3.05) is 0 Å². The summed E-state index contributed by atoms with van der Waals surface area (Å²) in [6.45, 7) is 4.88. The maximum absolute atomic E-state index is 2.58. The van der Waals surface area contributed by atoms with Crippen molar-refractivity contribution in [1.82, 2.24) is 4.57 Å². The number of aromatic nitrogens is 1. The first-order valence-corrected chi connectivity index (χ1v) is 15.8. The minimum Gasteiger partial charge on any atom is -0.309 e. The SMILES string of the molecule is CC1(C)c2ccccc2-c2c3c(c4c5ccccc5n(-c5ccc6ccccc6c5)c4c21)Cc1cc2ccccc2cc1C3. The average molecular weight is 562 g/mol. The van der Waals surface area contributed by atoms with E-state index >= 15 is 0 Å². The highest BCUT2D eigenvalue weighted by atomic mass is 15.0. The molecule has 2 aliphatic carbocycles. The van der Waals surface area contributed by atoms with Crippen molar-refractivity contribution in [1.29, 1.82) is 0 Å². The Bertz CT molecular complexity index is 2520. The van der Waals surface area contributed by atoms with Crippen LogP contribution in [0.5, 0.6) is 0 Å². The van der Waals surface area contributed by atoms with Crippen molar-refractivity contribution >= 4 is 43.4 Å². The molecule has 0 bridgehead atoms. The quantitative estimate of drug-likeness (QED) is 0.188. The van der Waals surface area contributed by atoms with E-state index in [1.807, 2.05) is 0 Å². The third-order valence-corrected chi connectivity index (χ3v) is 10.6. The second-order valence-corrected chi connectivity index (χ2v) is 13.3. The summed E-state index contributed by atoms with van der Waals surface area (Å²) in [6, 6.07) is 47.7. The van der Waals surface area contributed by atoms with Gasteiger partial charge in [-0.1, -0.05) is 123 Å². The highest BCUT2D eigenvalue weighted by Gasteiger charge is 2.42. The second-order valence-electron chi connectivity index (χ2n) is 13.3. The lowest BCUT2D eigenvalue weighted by atomic mass is 9.76. The van der Waals surface area contributed by atoms with Crippen molar-refractivity contribution in [3.63, 3.8) is 0 Å². The number of rotatable bonds is 1. The van der Waals surface area contributed by atoms with E-state index in [1.165, 1.54) is 93.5 Å². The van der Waals surface area contributed by atoms with Crippen LogP contribution in [0.1, 0.15) is 47.2 Å². The molecule has 1 nitrogen and oxygen atoms in total. The van der Waals surface area contributed by atoms with E-state index < -0.39 is 0 Å². The van der Waals surface area contributed by atoms with Crippen LogP contribution in [-0.2, 0) is 18.3 Å². The van der Waals surface area contributed by atoms with Crippen LogP contribution in [0, 0.1) is 0 Å². The van der Waals surface area contributed by atoms with Gasteiger partial charge in [-0.3, -0.25) is 0 Å². The number of fused-ring (bicyclic) bond motifs is 13. The number of benzene rings is 7. The normalized spacial score (nSPS) is 14.6. The fraction of sp³-hybridized carbons (Fsp3) is 0.116. The Hall–Kier alpha value is -5.14. The van der Waals surface area contributed by atoms with E-state index in [4.69, 9.17) is 0 Å². The van der Waals surface area contributed by atoms with Gasteiger partial charge in [0.05, 0.1) is 11.0 Å². The lowest BCUT2D eigenvalue weighted by molar-refractivity contribution is 0.663. The van der Waals surface area contributed by atoms with Crippen LogP contribution < -0.4 is 0 Å². The predicted octanol–water partition coefficient (Wildman–Crippen LogP) is 10.9. The van der Waals surface area contributed by atoms with Crippen LogP contribution in [0.25, 0.3) is 60.2 Å². The molecular weight excluding hydrogens is 530 g/mol. The Balaban J connectivity index is 1.39. The van der Waals surface area contributed by atoms with Gasteiger partial charge >= 0.3 is 0 Å². The molecule has 44 heavy (non-hydrogen) atoms. The molecule has 0 saturated carbocycles. The lowest BCUT2D eigenvalue weighted by Gasteiger charge is -2.28. The van der Waals surface area contributed by atoms with Gasteiger partial charge in [-0.25, -0.2) is 0 Å². The van der Waals surface area contributed by atoms with Crippen LogP contribution in [0.15, 0.2) is 127 Å². The van der Waals surface area contributed by atoms with Gasteiger partial charge in [-0.05, 0) is 97.1 Å². The van der Waals surface area contributed by atoms with Crippen LogP contribution in [0.3, 0.4) is 0 Å². The summed E-state index contributed by atoms with van der Waals surface area (Å²) in [4.78, 5) is 0. The number of hydrogen-bond donors (Lipinski definition) is 0. The topological polar surface area (TPSA) is 4.93 Å². The zero-order valence-corrected chi connectivity index (χ0v) is 25.0. The first-order chi connectivity index (χ1) is 21.6. The van der Waals surface area contributed by atoms with E-state index in [2.05, 4.69) is 146 Å². The minimum atomic E-state index is -0.133. The van der Waals surface area contributed by atoms with Gasteiger partial charge in [-0.2, -0.15) is 0 Å². The van der Waals surface area contributed by atoms with E-state index in [0.717, 1.165) is 12.8 Å². The summed E-state index contributed by atoms with van der Waals surface area (Å²) < 4.78 is 2.58. The van der Waals surface area contributed by atoms with Crippen LogP contribution >= 0.6 is 0 Å². The lowest BCUT2D eigenvalue weighted by Crippen LogP contribution is -2.18. The number of nitrogens with zero attached hydrogens (tertiary/aromatic N) is 1. The molecule has 0 radical (unpaired) electrons. The molecule has 0 amide bonds. The summed E-state index contributed by atoms with van der Waals surface area (Å²) >= 11 is 0. The molecule has 1 heteroatoms. The van der Waals surface area contributed by atoms with Gasteiger partial charge in [0.2, 0.25) is 0 Å². The standard InChI is InChI=1S/C43H31N/c1-43(2)37-17-9-7-15-33(37)39-35-24-30-21-27-12-5-6-13-28(27)22-31(30)25-36(35)40-34-16-8-10-18-38(34)44(42(40)41(39)43)32-20-19-26-11-3-4-14-29(26)23-32/h3-23H,24-25H2,1-2H3. The fourth-order valence-electron chi connectivity index (χ4n) is 8.66. The molecule has 0 unspecified atom stereocenters. The Morgan fingerprint density at radius 1 is 0.568 bits per heavy atom. The van der Waals surface area contributed by atoms with Crippen molar-refractivity contribution in [2.24, 2.45) is 0 Å². The van der Waals surface area contributed by atoms with E-state index in [0.29, 0.717) is 0 Å². The number of para-hydroxylation sites is 1. The van der Waals surface area contributed by atoms with Crippen molar-refractivity contribution < 1.29 is 0 Å². The highest BCUT2D eigenvalue weighted by Crippen LogP contribution is 2.57. The summed E-state index contributed by atoms with van der Waals surface area (Å²) in [6.07, 6.45) is 1.92. The van der Waals surface area contributed by atoms with Gasteiger partial charge < -0.3 is 4.57 Å². The molecule has 0 saturated heterocycles. The molecule has 1 aromatic heterocycles. The van der Waals surface area contributed by atoms with Gasteiger partial charge in [0, 0.05) is 21.9 Å². The minimum absolute atomic E-state index is 0.133. The third-order valence-electron chi connectivity index (χ3n) is 10.6. The zero-order chi connectivity index (χ0) is 29.2. The van der Waals surface area contributed by atoms with Gasteiger partial charge in [-0.15, -0.1) is 0 Å². The van der Waals surface area contributed by atoms with Crippen molar-refractivity contribution in [3.05, 3.63) is 161 Å². The molecule has 1 heterocycles. The van der Waals surface area contributed by atoms with Crippen LogP contribution in [0.4, 0.5) is 0 Å². The van der Waals surface area contributed by atoms with Gasteiger partial charge in [0.25, 0.3) is 0 Å². The molecular formula is C43H31N. The summed E-state index contributed by atoms with van der Waals surface area (Å²) in [5.41, 5.74) is 15.5. The van der Waals surface area contributed by atoms with E-state index in [1.54, 1.807) is 0 Å². The van der Waals surface area contributed by atoms with Crippen molar-refractivity contribution in [2.45, 2.75) is 32.1 Å². The highest BCUT2D eigenvalue weighted by molar-refractivity contribution is 6.16. The number of hydrogen-bond acceptors (Lipinski definition) is 0. The molecule has 0 atom stereocenters. The molecule has 0 aliphatic heterocycles. The molecule has 2 aliphatic rings. The Labute approximate surface area is 257 Å². The van der Waals surface area contributed by atoms with Crippen molar-refractivity contribution in [3.8, 4) is 16.8 Å². The molecule has 0 N–H and O–H groups in total. The fourth-order valence-corrected chi connectivity index (χ4v) is 8.66. The second kappa shape index (κ2) is 8.49. The monoisotopic (exact) mass is 561 g/mol. The molecule has 0 fully saturated rings. The van der Waals surface area contributed by atoms with Gasteiger partial charge in [0.1, 0.15) is 0 Å². The first-order valence-electron chi connectivity index (χ1n) is 15.8. The maximum atomic E-state index is 2.58. The Kier molecular flexibility index (Phi) is 4.69. The summed E-state index contributed by atoms with van der Waals surface area (Å²) in [5.74, 6) is 0. The predicted molar refractivity (Wildman–Crippen MR) is 185 cm³/mol. The van der Waals surface area contributed by atoms with Crippen LogP contribution in [-0.4, -0.2) is 4.57 Å². The largest absolute Gasteiger partial charge is 0.309 e.